The lowest BCUT2D eigenvalue weighted by Crippen LogP contribution is -2.36. The number of nitrogens with one attached hydrogen (secondary N) is 1. The Labute approximate surface area is 86.3 Å². The van der Waals surface area contributed by atoms with Crippen LogP contribution in [0.2, 0.25) is 0 Å². The van der Waals surface area contributed by atoms with Crippen molar-refractivity contribution in [2.45, 2.75) is 6.04 Å². The summed E-state index contributed by atoms with van der Waals surface area (Å²) >= 11 is 0. The van der Waals surface area contributed by atoms with Crippen molar-refractivity contribution in [2.75, 3.05) is 33.8 Å². The van der Waals surface area contributed by atoms with E-state index in [0.717, 1.165) is 13.1 Å². The van der Waals surface area contributed by atoms with Gasteiger partial charge in [0.1, 0.15) is 0 Å². The second-order valence-corrected chi connectivity index (χ2v) is 3.13. The minimum atomic E-state index is 0. The van der Waals surface area contributed by atoms with Crippen molar-refractivity contribution in [3.63, 3.8) is 0 Å². The smallest absolute Gasteiger partial charge is 0.0486 e. The highest BCUT2D eigenvalue weighted by molar-refractivity contribution is 5.85. The minimum absolute atomic E-state index is 0. The van der Waals surface area contributed by atoms with E-state index in [4.69, 9.17) is 5.11 Å². The van der Waals surface area contributed by atoms with E-state index in [9.17, 15) is 0 Å². The largest absolute Gasteiger partial charge is 0.396 e. The van der Waals surface area contributed by atoms with Crippen molar-refractivity contribution in [1.29, 1.82) is 0 Å². The molecule has 0 radical (unpaired) electrons. The third-order valence-corrected chi connectivity index (χ3v) is 2.20. The van der Waals surface area contributed by atoms with Crippen LogP contribution in [0.1, 0.15) is 0 Å². The molecule has 1 rings (SSSR count). The second kappa shape index (κ2) is 6.92. The molecule has 3 nitrogen and oxygen atoms in total. The lowest BCUT2D eigenvalue weighted by Gasteiger charge is -2.23. The molecule has 1 aliphatic heterocycles. The normalized spacial score (nSPS) is 28.0. The van der Waals surface area contributed by atoms with Gasteiger partial charge < -0.3 is 15.3 Å². The Hall–Kier alpha value is 0.460. The predicted molar refractivity (Wildman–Crippen MR) is 55.4 cm³/mol. The number of nitrogens with zero attached hydrogens (tertiary/aromatic N) is 1. The molecule has 0 spiro atoms. The molecule has 12 heavy (non-hydrogen) atoms. The average Bonchev–Trinajstić information content (AvgIpc) is 2.33. The van der Waals surface area contributed by atoms with Crippen LogP contribution in [0.4, 0.5) is 0 Å². The molecular formula is C7H18Cl2N2O. The molecule has 1 heterocycles. The van der Waals surface area contributed by atoms with Crippen molar-refractivity contribution in [2.24, 2.45) is 5.92 Å². The molecule has 0 aromatic rings. The highest BCUT2D eigenvalue weighted by Gasteiger charge is 2.27. The molecule has 0 saturated carbocycles. The van der Waals surface area contributed by atoms with Crippen molar-refractivity contribution in [3.8, 4) is 0 Å². The molecule has 0 aromatic heterocycles. The van der Waals surface area contributed by atoms with Crippen LogP contribution in [0, 0.1) is 5.92 Å². The Morgan fingerprint density at radius 1 is 1.33 bits per heavy atom. The fourth-order valence-corrected chi connectivity index (χ4v) is 1.51. The van der Waals surface area contributed by atoms with E-state index in [1.807, 2.05) is 0 Å². The first kappa shape index (κ1) is 15.0. The monoisotopic (exact) mass is 216 g/mol. The van der Waals surface area contributed by atoms with Crippen LogP contribution in [0.25, 0.3) is 0 Å². The van der Waals surface area contributed by atoms with Gasteiger partial charge in [-0.25, -0.2) is 0 Å². The molecule has 1 aliphatic rings. The Morgan fingerprint density at radius 2 is 1.92 bits per heavy atom. The summed E-state index contributed by atoms with van der Waals surface area (Å²) in [5, 5.41) is 12.2. The summed E-state index contributed by atoms with van der Waals surface area (Å²) in [4.78, 5) is 2.17. The molecule has 0 amide bonds. The van der Waals surface area contributed by atoms with Gasteiger partial charge in [-0.1, -0.05) is 0 Å². The maximum atomic E-state index is 8.92. The number of aliphatic hydroxyl groups excluding tert-OH is 1. The lowest BCUT2D eigenvalue weighted by molar-refractivity contribution is 0.168. The molecule has 2 atom stereocenters. The minimum Gasteiger partial charge on any atom is -0.396 e. The van der Waals surface area contributed by atoms with Gasteiger partial charge in [0, 0.05) is 31.7 Å². The van der Waals surface area contributed by atoms with Crippen LogP contribution in [0.15, 0.2) is 0 Å². The number of hydrogen-bond donors (Lipinski definition) is 2. The summed E-state index contributed by atoms with van der Waals surface area (Å²) < 4.78 is 0. The van der Waals surface area contributed by atoms with Gasteiger partial charge in [0.15, 0.2) is 0 Å². The number of halogens is 2. The maximum absolute atomic E-state index is 8.92. The lowest BCUT2D eigenvalue weighted by atomic mass is 10.0. The molecular weight excluding hydrogens is 199 g/mol. The Morgan fingerprint density at radius 3 is 2.25 bits per heavy atom. The molecule has 0 aromatic carbocycles. The zero-order valence-electron chi connectivity index (χ0n) is 7.49. The third-order valence-electron chi connectivity index (χ3n) is 2.20. The van der Waals surface area contributed by atoms with Crippen LogP contribution in [-0.2, 0) is 0 Å². The van der Waals surface area contributed by atoms with Crippen LogP contribution in [-0.4, -0.2) is 49.8 Å². The second-order valence-electron chi connectivity index (χ2n) is 3.13. The number of aliphatic hydroxyl groups is 1. The van der Waals surface area contributed by atoms with Gasteiger partial charge in [0.05, 0.1) is 0 Å². The Balaban J connectivity index is 0. The first-order valence-corrected chi connectivity index (χ1v) is 3.73. The fraction of sp³-hybridized carbons (Fsp3) is 1.00. The van der Waals surface area contributed by atoms with E-state index in [-0.39, 0.29) is 24.8 Å². The van der Waals surface area contributed by atoms with Crippen molar-refractivity contribution >= 4 is 24.8 Å². The summed E-state index contributed by atoms with van der Waals surface area (Å²) in [6.45, 7) is 2.27. The molecule has 0 aliphatic carbocycles. The molecule has 2 unspecified atom stereocenters. The van der Waals surface area contributed by atoms with Crippen molar-refractivity contribution in [1.82, 2.24) is 10.2 Å². The van der Waals surface area contributed by atoms with Crippen LogP contribution in [0.3, 0.4) is 0 Å². The van der Waals surface area contributed by atoms with Crippen molar-refractivity contribution in [3.05, 3.63) is 0 Å². The summed E-state index contributed by atoms with van der Waals surface area (Å²) in [7, 11) is 4.11. The van der Waals surface area contributed by atoms with Gasteiger partial charge in [-0.3, -0.25) is 0 Å². The summed E-state index contributed by atoms with van der Waals surface area (Å²) in [6, 6.07) is 0.519. The molecule has 0 bridgehead atoms. The molecule has 5 heteroatoms. The van der Waals surface area contributed by atoms with Crippen molar-refractivity contribution < 1.29 is 5.11 Å². The first-order valence-electron chi connectivity index (χ1n) is 3.73. The van der Waals surface area contributed by atoms with E-state index >= 15 is 0 Å². The quantitative estimate of drug-likeness (QED) is 0.682. The third kappa shape index (κ3) is 3.46. The molecule has 1 saturated heterocycles. The van der Waals surface area contributed by atoms with Gasteiger partial charge in [-0.05, 0) is 14.1 Å². The summed E-state index contributed by atoms with van der Waals surface area (Å²) in [5.41, 5.74) is 0. The van der Waals surface area contributed by atoms with Gasteiger partial charge in [-0.15, -0.1) is 24.8 Å². The SMILES string of the molecule is CN(C)C1CNCC1CO.Cl.Cl. The zero-order chi connectivity index (χ0) is 7.56. The first-order chi connectivity index (χ1) is 4.75. The highest BCUT2D eigenvalue weighted by atomic mass is 35.5. The standard InChI is InChI=1S/C7H16N2O.2ClH/c1-9(2)7-4-8-3-6(7)5-10;;/h6-8,10H,3-5H2,1-2H3;2*1H. The highest BCUT2D eigenvalue weighted by Crippen LogP contribution is 2.11. The number of hydrogen-bond acceptors (Lipinski definition) is 3. The fourth-order valence-electron chi connectivity index (χ4n) is 1.51. The number of likely N-dealkylation sites (N-methyl/N-ethyl adjacent to an activating group) is 1. The van der Waals surface area contributed by atoms with E-state index in [2.05, 4.69) is 24.3 Å². The van der Waals surface area contributed by atoms with Gasteiger partial charge in [0.25, 0.3) is 0 Å². The van der Waals surface area contributed by atoms with Gasteiger partial charge in [-0.2, -0.15) is 0 Å². The van der Waals surface area contributed by atoms with Crippen LogP contribution in [0.5, 0.6) is 0 Å². The van der Waals surface area contributed by atoms with E-state index in [0.29, 0.717) is 18.6 Å². The summed E-state index contributed by atoms with van der Waals surface area (Å²) in [5.74, 6) is 0.426. The van der Waals surface area contributed by atoms with Gasteiger partial charge >= 0.3 is 0 Å². The van der Waals surface area contributed by atoms with E-state index in [1.54, 1.807) is 0 Å². The number of rotatable bonds is 2. The van der Waals surface area contributed by atoms with E-state index < -0.39 is 0 Å². The zero-order valence-corrected chi connectivity index (χ0v) is 9.12. The molecule has 76 valence electrons. The Kier molecular flexibility index (Phi) is 8.63. The molecule has 1 fully saturated rings. The average molecular weight is 217 g/mol. The summed E-state index contributed by atoms with van der Waals surface area (Å²) in [6.07, 6.45) is 0. The molecule has 2 N–H and O–H groups in total. The Bertz CT molecular complexity index is 114. The topological polar surface area (TPSA) is 35.5 Å². The van der Waals surface area contributed by atoms with Crippen LogP contribution >= 0.6 is 24.8 Å². The van der Waals surface area contributed by atoms with Gasteiger partial charge in [0.2, 0.25) is 0 Å². The van der Waals surface area contributed by atoms with E-state index in [1.165, 1.54) is 0 Å². The maximum Gasteiger partial charge on any atom is 0.0486 e. The predicted octanol–water partition coefficient (Wildman–Crippen LogP) is -0.0281. The van der Waals surface area contributed by atoms with Crippen LogP contribution < -0.4 is 5.32 Å².